The van der Waals surface area contributed by atoms with Crippen molar-refractivity contribution in [3.8, 4) is 17.6 Å². The smallest absolute Gasteiger partial charge is 0.138 e. The number of benzene rings is 1. The number of aryl methyl sites for hydroxylation is 1. The van der Waals surface area contributed by atoms with Crippen LogP contribution in [0.1, 0.15) is 16.7 Å². The van der Waals surface area contributed by atoms with E-state index in [1.807, 2.05) is 13.0 Å². The standard InChI is InChI=1S/C16H13ClFNO/c1-12-7-13(10-19-9-12)11-20-16-8-15(18)5-4-14(16)3-2-6-17/h4-5,7-10H,6,11H2,1H3. The Balaban J connectivity index is 2.17. The molecule has 0 saturated carbocycles. The lowest BCUT2D eigenvalue weighted by molar-refractivity contribution is 0.303. The maximum atomic E-state index is 13.3. The van der Waals surface area contributed by atoms with Gasteiger partial charge in [0.15, 0.2) is 0 Å². The Kier molecular flexibility index (Phi) is 4.97. The van der Waals surface area contributed by atoms with Gasteiger partial charge in [0.2, 0.25) is 0 Å². The van der Waals surface area contributed by atoms with Crippen LogP contribution in [-0.2, 0) is 6.61 Å². The summed E-state index contributed by atoms with van der Waals surface area (Å²) in [7, 11) is 0. The lowest BCUT2D eigenvalue weighted by atomic mass is 10.2. The zero-order chi connectivity index (χ0) is 14.4. The number of rotatable bonds is 3. The number of hydrogen-bond acceptors (Lipinski definition) is 2. The molecule has 1 aromatic heterocycles. The lowest BCUT2D eigenvalue weighted by Gasteiger charge is -2.08. The number of halogens is 2. The van der Waals surface area contributed by atoms with E-state index in [0.717, 1.165) is 11.1 Å². The van der Waals surface area contributed by atoms with Crippen molar-refractivity contribution in [2.45, 2.75) is 13.5 Å². The minimum absolute atomic E-state index is 0.221. The average Bonchev–Trinajstić information content (AvgIpc) is 2.44. The predicted octanol–water partition coefficient (Wildman–Crippen LogP) is 3.70. The van der Waals surface area contributed by atoms with E-state index in [0.29, 0.717) is 17.9 Å². The second kappa shape index (κ2) is 6.93. The van der Waals surface area contributed by atoms with Gasteiger partial charge in [-0.2, -0.15) is 0 Å². The molecule has 1 heterocycles. The van der Waals surface area contributed by atoms with Crippen LogP contribution >= 0.6 is 11.6 Å². The molecule has 102 valence electrons. The van der Waals surface area contributed by atoms with Crippen molar-refractivity contribution in [1.82, 2.24) is 4.98 Å². The zero-order valence-electron chi connectivity index (χ0n) is 11.0. The van der Waals surface area contributed by atoms with Gasteiger partial charge in [-0.1, -0.05) is 11.8 Å². The maximum absolute atomic E-state index is 13.3. The quantitative estimate of drug-likeness (QED) is 0.635. The molecule has 0 radical (unpaired) electrons. The van der Waals surface area contributed by atoms with E-state index in [4.69, 9.17) is 16.3 Å². The second-order valence-corrected chi connectivity index (χ2v) is 4.50. The number of nitrogens with zero attached hydrogens (tertiary/aromatic N) is 1. The fourth-order valence-corrected chi connectivity index (χ4v) is 1.77. The van der Waals surface area contributed by atoms with Crippen molar-refractivity contribution < 1.29 is 9.13 Å². The van der Waals surface area contributed by atoms with Gasteiger partial charge in [-0.3, -0.25) is 4.98 Å². The molecule has 0 aliphatic heterocycles. The van der Waals surface area contributed by atoms with Crippen molar-refractivity contribution in [3.63, 3.8) is 0 Å². The molecule has 0 aliphatic rings. The van der Waals surface area contributed by atoms with Crippen molar-refractivity contribution >= 4 is 11.6 Å². The van der Waals surface area contributed by atoms with Crippen molar-refractivity contribution in [2.24, 2.45) is 0 Å². The first-order valence-electron chi connectivity index (χ1n) is 6.07. The summed E-state index contributed by atoms with van der Waals surface area (Å²) in [6.45, 7) is 2.27. The molecule has 1 aromatic carbocycles. The van der Waals surface area contributed by atoms with Gasteiger partial charge in [0.25, 0.3) is 0 Å². The van der Waals surface area contributed by atoms with Crippen LogP contribution in [0.3, 0.4) is 0 Å². The van der Waals surface area contributed by atoms with Gasteiger partial charge < -0.3 is 4.74 Å². The molecule has 4 heteroatoms. The third kappa shape index (κ3) is 3.97. The van der Waals surface area contributed by atoms with Gasteiger partial charge in [-0.05, 0) is 30.7 Å². The highest BCUT2D eigenvalue weighted by molar-refractivity contribution is 6.19. The van der Waals surface area contributed by atoms with E-state index in [9.17, 15) is 4.39 Å². The summed E-state index contributed by atoms with van der Waals surface area (Å²) in [5.74, 6) is 5.85. The minimum atomic E-state index is -0.362. The molecule has 0 aliphatic carbocycles. The summed E-state index contributed by atoms with van der Waals surface area (Å²) in [4.78, 5) is 4.09. The van der Waals surface area contributed by atoms with Gasteiger partial charge in [-0.25, -0.2) is 4.39 Å². The van der Waals surface area contributed by atoms with E-state index in [2.05, 4.69) is 16.8 Å². The van der Waals surface area contributed by atoms with Crippen LogP contribution in [0.25, 0.3) is 0 Å². The summed E-state index contributed by atoms with van der Waals surface area (Å²) in [5.41, 5.74) is 2.59. The first-order valence-corrected chi connectivity index (χ1v) is 6.60. The van der Waals surface area contributed by atoms with E-state index in [-0.39, 0.29) is 11.7 Å². The maximum Gasteiger partial charge on any atom is 0.138 e. The van der Waals surface area contributed by atoms with Crippen LogP contribution in [0, 0.1) is 24.6 Å². The molecule has 0 unspecified atom stereocenters. The van der Waals surface area contributed by atoms with Crippen LogP contribution in [-0.4, -0.2) is 10.9 Å². The third-order valence-corrected chi connectivity index (χ3v) is 2.69. The van der Waals surface area contributed by atoms with Gasteiger partial charge in [0.05, 0.1) is 11.4 Å². The van der Waals surface area contributed by atoms with E-state index in [1.54, 1.807) is 18.5 Å². The molecule has 0 atom stereocenters. The molecule has 0 saturated heterocycles. The Morgan fingerprint density at radius 1 is 1.30 bits per heavy atom. The Hall–Kier alpha value is -2.05. The highest BCUT2D eigenvalue weighted by Gasteiger charge is 2.04. The summed E-state index contributed by atoms with van der Waals surface area (Å²) in [5, 5.41) is 0. The fraction of sp³-hybridized carbons (Fsp3) is 0.188. The molecular weight excluding hydrogens is 277 g/mol. The van der Waals surface area contributed by atoms with Crippen molar-refractivity contribution in [2.75, 3.05) is 5.88 Å². The Morgan fingerprint density at radius 3 is 2.90 bits per heavy atom. The molecular formula is C16H13ClFNO. The van der Waals surface area contributed by atoms with Gasteiger partial charge in [0.1, 0.15) is 18.2 Å². The average molecular weight is 290 g/mol. The lowest BCUT2D eigenvalue weighted by Crippen LogP contribution is -1.99. The van der Waals surface area contributed by atoms with Crippen molar-refractivity contribution in [3.05, 3.63) is 59.2 Å². The largest absolute Gasteiger partial charge is 0.487 e. The Bertz CT molecular complexity index is 661. The van der Waals surface area contributed by atoms with Crippen LogP contribution in [0.2, 0.25) is 0 Å². The SMILES string of the molecule is Cc1cncc(COc2cc(F)ccc2C#CCCl)c1. The topological polar surface area (TPSA) is 22.1 Å². The number of ether oxygens (including phenoxy) is 1. The highest BCUT2D eigenvalue weighted by atomic mass is 35.5. The molecule has 2 nitrogen and oxygen atoms in total. The number of alkyl halides is 1. The molecule has 2 aromatic rings. The van der Waals surface area contributed by atoms with Crippen LogP contribution in [0.15, 0.2) is 36.7 Å². The van der Waals surface area contributed by atoms with Crippen LogP contribution < -0.4 is 4.74 Å². The first-order chi connectivity index (χ1) is 9.69. The normalized spacial score (nSPS) is 9.75. The Morgan fingerprint density at radius 2 is 2.15 bits per heavy atom. The second-order valence-electron chi connectivity index (χ2n) is 4.24. The molecule has 0 bridgehead atoms. The third-order valence-electron chi connectivity index (χ3n) is 2.56. The molecule has 0 N–H and O–H groups in total. The van der Waals surface area contributed by atoms with Crippen LogP contribution in [0.5, 0.6) is 5.75 Å². The van der Waals surface area contributed by atoms with Gasteiger partial charge in [0, 0.05) is 24.0 Å². The zero-order valence-corrected chi connectivity index (χ0v) is 11.7. The van der Waals surface area contributed by atoms with E-state index < -0.39 is 0 Å². The van der Waals surface area contributed by atoms with Crippen molar-refractivity contribution in [1.29, 1.82) is 0 Å². The van der Waals surface area contributed by atoms with Crippen LogP contribution in [0.4, 0.5) is 4.39 Å². The molecule has 2 rings (SSSR count). The summed E-state index contributed by atoms with van der Waals surface area (Å²) in [6.07, 6.45) is 3.49. The van der Waals surface area contributed by atoms with E-state index >= 15 is 0 Å². The summed E-state index contributed by atoms with van der Waals surface area (Å²) in [6, 6.07) is 6.22. The summed E-state index contributed by atoms with van der Waals surface area (Å²) >= 11 is 5.53. The molecule has 0 amide bonds. The molecule has 0 fully saturated rings. The number of pyridine rings is 1. The van der Waals surface area contributed by atoms with E-state index in [1.165, 1.54) is 12.1 Å². The predicted molar refractivity (Wildman–Crippen MR) is 77.3 cm³/mol. The monoisotopic (exact) mass is 289 g/mol. The Labute approximate surface area is 122 Å². The summed E-state index contributed by atoms with van der Waals surface area (Å²) < 4.78 is 18.9. The van der Waals surface area contributed by atoms with Gasteiger partial charge >= 0.3 is 0 Å². The number of aromatic nitrogens is 1. The number of hydrogen-bond donors (Lipinski definition) is 0. The highest BCUT2D eigenvalue weighted by Crippen LogP contribution is 2.20. The fourth-order valence-electron chi connectivity index (χ4n) is 1.71. The molecule has 0 spiro atoms. The minimum Gasteiger partial charge on any atom is -0.487 e. The first kappa shape index (κ1) is 14.4. The molecule has 20 heavy (non-hydrogen) atoms. The van der Waals surface area contributed by atoms with Gasteiger partial charge in [-0.15, -0.1) is 11.6 Å².